The predicted molar refractivity (Wildman–Crippen MR) is 88.2 cm³/mol. The lowest BCUT2D eigenvalue weighted by atomic mass is 9.87. The van der Waals surface area contributed by atoms with Crippen LogP contribution in [0.4, 0.5) is 0 Å². The van der Waals surface area contributed by atoms with Gasteiger partial charge >= 0.3 is 0 Å². The van der Waals surface area contributed by atoms with E-state index in [1.165, 1.54) is 12.8 Å². The summed E-state index contributed by atoms with van der Waals surface area (Å²) < 4.78 is 10.8. The summed E-state index contributed by atoms with van der Waals surface area (Å²) in [5, 5.41) is 10.6. The third-order valence-electron chi connectivity index (χ3n) is 5.32. The van der Waals surface area contributed by atoms with Gasteiger partial charge in [-0.25, -0.2) is 0 Å². The number of carbonyl (C=O) groups is 1. The van der Waals surface area contributed by atoms with Gasteiger partial charge in [0, 0.05) is 19.0 Å². The Balaban J connectivity index is 1.38. The molecule has 2 saturated heterocycles. The van der Waals surface area contributed by atoms with Crippen LogP contribution in [0.15, 0.2) is 18.2 Å². The highest BCUT2D eigenvalue weighted by Gasteiger charge is 2.32. The van der Waals surface area contributed by atoms with Gasteiger partial charge in [0.1, 0.15) is 0 Å². The fourth-order valence-corrected chi connectivity index (χ4v) is 3.92. The highest BCUT2D eigenvalue weighted by atomic mass is 16.7. The van der Waals surface area contributed by atoms with Crippen LogP contribution in [0.5, 0.6) is 11.5 Å². The average molecular weight is 332 g/mol. The molecule has 0 unspecified atom stereocenters. The molecule has 3 heterocycles. The number of hydrogen-bond donors (Lipinski definition) is 1. The molecular weight excluding hydrogens is 308 g/mol. The van der Waals surface area contributed by atoms with Gasteiger partial charge in [0.25, 0.3) is 0 Å². The summed E-state index contributed by atoms with van der Waals surface area (Å²) in [6.07, 6.45) is 2.60. The number of aliphatic hydroxyl groups is 1. The summed E-state index contributed by atoms with van der Waals surface area (Å²) in [5.41, 5.74) is 1.05. The van der Waals surface area contributed by atoms with Gasteiger partial charge in [-0.1, -0.05) is 6.07 Å². The zero-order valence-corrected chi connectivity index (χ0v) is 13.8. The number of β-amino-alcohol motifs (C(OH)–C–C–N with tert-alkyl or cyclic N) is 1. The van der Waals surface area contributed by atoms with E-state index in [0.29, 0.717) is 19.6 Å². The Kier molecular flexibility index (Phi) is 4.33. The van der Waals surface area contributed by atoms with E-state index in [9.17, 15) is 9.90 Å². The normalized spacial score (nSPS) is 26.8. The number of carbonyl (C=O) groups excluding carboxylic acids is 1. The van der Waals surface area contributed by atoms with Crippen molar-refractivity contribution >= 4 is 5.91 Å². The number of aliphatic hydroxyl groups excluding tert-OH is 1. The SMILES string of the molecule is O=C(CN1CCCC1)N1CC[C@@H](c2ccc3c(c2)OCO3)[C@H](O)C1. The number of benzene rings is 1. The smallest absolute Gasteiger partial charge is 0.236 e. The lowest BCUT2D eigenvalue weighted by Crippen LogP contribution is -2.48. The molecule has 0 aliphatic carbocycles. The maximum Gasteiger partial charge on any atom is 0.236 e. The van der Waals surface area contributed by atoms with E-state index in [2.05, 4.69) is 4.90 Å². The van der Waals surface area contributed by atoms with E-state index < -0.39 is 6.10 Å². The van der Waals surface area contributed by atoms with Crippen LogP contribution in [0.3, 0.4) is 0 Å². The molecule has 2 fully saturated rings. The van der Waals surface area contributed by atoms with Gasteiger partial charge in [-0.05, 0) is 50.0 Å². The van der Waals surface area contributed by atoms with Crippen molar-refractivity contribution in [2.75, 3.05) is 39.5 Å². The van der Waals surface area contributed by atoms with Crippen molar-refractivity contribution in [3.8, 4) is 11.5 Å². The Morgan fingerprint density at radius 1 is 1.17 bits per heavy atom. The molecule has 24 heavy (non-hydrogen) atoms. The second-order valence-corrected chi connectivity index (χ2v) is 6.90. The van der Waals surface area contributed by atoms with Crippen molar-refractivity contribution in [1.29, 1.82) is 0 Å². The highest BCUT2D eigenvalue weighted by molar-refractivity contribution is 5.78. The lowest BCUT2D eigenvalue weighted by Gasteiger charge is -2.37. The number of fused-ring (bicyclic) bond motifs is 1. The number of hydrogen-bond acceptors (Lipinski definition) is 5. The van der Waals surface area contributed by atoms with Crippen LogP contribution in [0.25, 0.3) is 0 Å². The van der Waals surface area contributed by atoms with Gasteiger partial charge in [0.15, 0.2) is 11.5 Å². The van der Waals surface area contributed by atoms with Gasteiger partial charge in [-0.2, -0.15) is 0 Å². The second kappa shape index (κ2) is 6.61. The van der Waals surface area contributed by atoms with Crippen molar-refractivity contribution < 1.29 is 19.4 Å². The van der Waals surface area contributed by atoms with Gasteiger partial charge in [-0.15, -0.1) is 0 Å². The van der Waals surface area contributed by atoms with E-state index in [0.717, 1.165) is 36.6 Å². The Labute approximate surface area is 141 Å². The van der Waals surface area contributed by atoms with Crippen LogP contribution in [0.2, 0.25) is 0 Å². The third-order valence-corrected chi connectivity index (χ3v) is 5.32. The molecule has 3 aliphatic heterocycles. The molecule has 1 N–H and O–H groups in total. The van der Waals surface area contributed by atoms with Crippen LogP contribution >= 0.6 is 0 Å². The van der Waals surface area contributed by atoms with Crippen LogP contribution in [0.1, 0.15) is 30.7 Å². The van der Waals surface area contributed by atoms with Crippen molar-refractivity contribution in [1.82, 2.24) is 9.80 Å². The zero-order chi connectivity index (χ0) is 16.5. The van der Waals surface area contributed by atoms with Gasteiger partial charge < -0.3 is 19.5 Å². The number of piperidine rings is 1. The maximum atomic E-state index is 12.4. The van der Waals surface area contributed by atoms with Gasteiger partial charge in [0.05, 0.1) is 12.6 Å². The average Bonchev–Trinajstić information content (AvgIpc) is 3.25. The molecule has 0 aromatic heterocycles. The summed E-state index contributed by atoms with van der Waals surface area (Å²) in [7, 11) is 0. The lowest BCUT2D eigenvalue weighted by molar-refractivity contribution is -0.135. The minimum absolute atomic E-state index is 0.0373. The van der Waals surface area contributed by atoms with Crippen LogP contribution in [0, 0.1) is 0 Å². The second-order valence-electron chi connectivity index (χ2n) is 6.90. The summed E-state index contributed by atoms with van der Waals surface area (Å²) in [6, 6.07) is 5.84. The molecule has 6 heteroatoms. The zero-order valence-electron chi connectivity index (χ0n) is 13.8. The molecule has 0 bridgehead atoms. The quantitative estimate of drug-likeness (QED) is 0.901. The molecule has 1 aromatic rings. The van der Waals surface area contributed by atoms with E-state index in [1.54, 1.807) is 0 Å². The molecule has 0 spiro atoms. The topological polar surface area (TPSA) is 62.2 Å². The van der Waals surface area contributed by atoms with Crippen molar-refractivity contribution in [2.45, 2.75) is 31.3 Å². The van der Waals surface area contributed by atoms with Crippen molar-refractivity contribution in [2.24, 2.45) is 0 Å². The number of likely N-dealkylation sites (tertiary alicyclic amines) is 2. The first kappa shape index (κ1) is 15.7. The number of rotatable bonds is 3. The first-order valence-corrected chi connectivity index (χ1v) is 8.78. The third kappa shape index (κ3) is 3.08. The molecule has 130 valence electrons. The number of ether oxygens (including phenoxy) is 2. The molecule has 0 saturated carbocycles. The molecule has 0 radical (unpaired) electrons. The molecule has 1 aromatic carbocycles. The Morgan fingerprint density at radius 2 is 1.96 bits per heavy atom. The van der Waals surface area contributed by atoms with Crippen LogP contribution in [-0.4, -0.2) is 66.4 Å². The monoisotopic (exact) mass is 332 g/mol. The fourth-order valence-electron chi connectivity index (χ4n) is 3.92. The molecule has 1 amide bonds. The minimum Gasteiger partial charge on any atom is -0.454 e. The Bertz CT molecular complexity index is 615. The number of nitrogens with zero attached hydrogens (tertiary/aromatic N) is 2. The fraction of sp³-hybridized carbons (Fsp3) is 0.611. The minimum atomic E-state index is -0.540. The van der Waals surface area contributed by atoms with Gasteiger partial charge in [-0.3, -0.25) is 9.69 Å². The highest BCUT2D eigenvalue weighted by Crippen LogP contribution is 2.37. The standard InChI is InChI=1S/C18H24N2O4/c21-15-10-20(18(22)11-19-6-1-2-7-19)8-5-14(15)13-3-4-16-17(9-13)24-12-23-16/h3-4,9,14-15,21H,1-2,5-8,10-12H2/t14-,15+/m0/s1. The maximum absolute atomic E-state index is 12.4. The van der Waals surface area contributed by atoms with Crippen LogP contribution < -0.4 is 9.47 Å². The summed E-state index contributed by atoms with van der Waals surface area (Å²) in [6.45, 7) is 3.88. The Hall–Kier alpha value is -1.79. The first-order valence-electron chi connectivity index (χ1n) is 8.78. The molecular formula is C18H24N2O4. The van der Waals surface area contributed by atoms with E-state index in [-0.39, 0.29) is 18.6 Å². The van der Waals surface area contributed by atoms with E-state index >= 15 is 0 Å². The van der Waals surface area contributed by atoms with Crippen LogP contribution in [-0.2, 0) is 4.79 Å². The number of amides is 1. The summed E-state index contributed by atoms with van der Waals surface area (Å²) in [4.78, 5) is 16.5. The van der Waals surface area contributed by atoms with E-state index in [1.807, 2.05) is 23.1 Å². The predicted octanol–water partition coefficient (Wildman–Crippen LogP) is 1.19. The Morgan fingerprint density at radius 3 is 2.75 bits per heavy atom. The molecule has 2 atom stereocenters. The van der Waals surface area contributed by atoms with Crippen molar-refractivity contribution in [3.05, 3.63) is 23.8 Å². The summed E-state index contributed by atoms with van der Waals surface area (Å²) in [5.74, 6) is 1.68. The van der Waals surface area contributed by atoms with E-state index in [4.69, 9.17) is 9.47 Å². The van der Waals surface area contributed by atoms with Crippen molar-refractivity contribution in [3.63, 3.8) is 0 Å². The largest absolute Gasteiger partial charge is 0.454 e. The molecule has 4 rings (SSSR count). The first-order chi connectivity index (χ1) is 11.7. The van der Waals surface area contributed by atoms with Gasteiger partial charge in [0.2, 0.25) is 12.7 Å². The summed E-state index contributed by atoms with van der Waals surface area (Å²) >= 11 is 0. The molecule has 3 aliphatic rings. The molecule has 6 nitrogen and oxygen atoms in total.